The van der Waals surface area contributed by atoms with E-state index in [4.69, 9.17) is 45.6 Å². The van der Waals surface area contributed by atoms with Gasteiger partial charge < -0.3 is 15.7 Å². The number of hydrogen-bond acceptors (Lipinski definition) is 3. The molecule has 0 amide bonds. The number of carboxylic acid groups (broad SMARTS) is 1. The Morgan fingerprint density at radius 1 is 1.29 bits per heavy atom. The van der Waals surface area contributed by atoms with Crippen molar-refractivity contribution in [2.45, 2.75) is 18.9 Å². The first kappa shape index (κ1) is 18.4. The molecule has 0 spiro atoms. The molecular weight excluding hydrogens is 335 g/mol. The standard InChI is InChI=1S/C14H19Cl3N2O2/c15-3-5-19(6-4-16)12-1-2-13(17)10(8-12)7-11(18)9-14(20)21/h1-2,8,11H,3-7,9,18H2,(H,20,21)/t11-/m0/s1. The molecule has 0 aliphatic rings. The third-order valence-corrected chi connectivity index (χ3v) is 3.73. The molecule has 1 rings (SSSR count). The minimum Gasteiger partial charge on any atom is -0.481 e. The highest BCUT2D eigenvalue weighted by molar-refractivity contribution is 6.31. The van der Waals surface area contributed by atoms with Crippen molar-refractivity contribution in [1.82, 2.24) is 0 Å². The van der Waals surface area contributed by atoms with E-state index in [1.165, 1.54) is 0 Å². The Kier molecular flexibility index (Phi) is 8.19. The van der Waals surface area contributed by atoms with Crippen molar-refractivity contribution in [3.05, 3.63) is 28.8 Å². The van der Waals surface area contributed by atoms with Gasteiger partial charge in [0.1, 0.15) is 0 Å². The highest BCUT2D eigenvalue weighted by atomic mass is 35.5. The lowest BCUT2D eigenvalue weighted by molar-refractivity contribution is -0.137. The van der Waals surface area contributed by atoms with Crippen LogP contribution in [0.2, 0.25) is 5.02 Å². The Morgan fingerprint density at radius 2 is 1.90 bits per heavy atom. The van der Waals surface area contributed by atoms with Gasteiger partial charge in [-0.05, 0) is 30.2 Å². The lowest BCUT2D eigenvalue weighted by atomic mass is 10.0. The van der Waals surface area contributed by atoms with Crippen LogP contribution in [0.15, 0.2) is 18.2 Å². The molecule has 21 heavy (non-hydrogen) atoms. The van der Waals surface area contributed by atoms with Gasteiger partial charge in [-0.3, -0.25) is 4.79 Å². The van der Waals surface area contributed by atoms with Crippen molar-refractivity contribution >= 4 is 46.5 Å². The van der Waals surface area contributed by atoms with E-state index in [0.717, 1.165) is 11.3 Å². The highest BCUT2D eigenvalue weighted by Crippen LogP contribution is 2.25. The normalized spacial score (nSPS) is 12.2. The summed E-state index contributed by atoms with van der Waals surface area (Å²) < 4.78 is 0. The van der Waals surface area contributed by atoms with Crippen LogP contribution < -0.4 is 10.6 Å². The van der Waals surface area contributed by atoms with Gasteiger partial charge in [-0.25, -0.2) is 0 Å². The predicted octanol–water partition coefficient (Wildman–Crippen LogP) is 2.97. The molecule has 0 aromatic heterocycles. The molecule has 0 saturated carbocycles. The van der Waals surface area contributed by atoms with E-state index in [2.05, 4.69) is 4.90 Å². The summed E-state index contributed by atoms with van der Waals surface area (Å²) in [5.74, 6) is 0.0708. The molecule has 4 nitrogen and oxygen atoms in total. The number of carbonyl (C=O) groups is 1. The number of benzene rings is 1. The minimum absolute atomic E-state index is 0.0897. The van der Waals surface area contributed by atoms with E-state index in [-0.39, 0.29) is 6.42 Å². The second-order valence-corrected chi connectivity index (χ2v) is 5.87. The van der Waals surface area contributed by atoms with Gasteiger partial charge in [0.25, 0.3) is 0 Å². The average Bonchev–Trinajstić information content (AvgIpc) is 2.40. The number of halogens is 3. The molecule has 7 heteroatoms. The molecule has 3 N–H and O–H groups in total. The summed E-state index contributed by atoms with van der Waals surface area (Å²) in [4.78, 5) is 12.7. The van der Waals surface area contributed by atoms with E-state index < -0.39 is 12.0 Å². The third kappa shape index (κ3) is 6.30. The van der Waals surface area contributed by atoms with E-state index in [0.29, 0.717) is 36.3 Å². The van der Waals surface area contributed by atoms with E-state index in [1.807, 2.05) is 12.1 Å². The van der Waals surface area contributed by atoms with Gasteiger partial charge in [-0.15, -0.1) is 23.2 Å². The van der Waals surface area contributed by atoms with Gasteiger partial charge in [-0.1, -0.05) is 11.6 Å². The molecular formula is C14H19Cl3N2O2. The van der Waals surface area contributed by atoms with Crippen molar-refractivity contribution in [2.24, 2.45) is 5.73 Å². The average molecular weight is 354 g/mol. The fourth-order valence-electron chi connectivity index (χ4n) is 2.07. The van der Waals surface area contributed by atoms with Crippen molar-refractivity contribution in [3.63, 3.8) is 0 Å². The number of carboxylic acids is 1. The first-order valence-corrected chi connectivity index (χ1v) is 8.05. The van der Waals surface area contributed by atoms with Crippen molar-refractivity contribution in [3.8, 4) is 0 Å². The third-order valence-electron chi connectivity index (χ3n) is 3.02. The molecule has 1 aromatic carbocycles. The number of aliphatic carboxylic acids is 1. The van der Waals surface area contributed by atoms with Gasteiger partial charge in [0.05, 0.1) is 6.42 Å². The quantitative estimate of drug-likeness (QED) is 0.670. The maximum atomic E-state index is 10.7. The first-order valence-electron chi connectivity index (χ1n) is 6.60. The Morgan fingerprint density at radius 3 is 2.43 bits per heavy atom. The zero-order valence-corrected chi connectivity index (χ0v) is 13.8. The molecule has 0 fully saturated rings. The second kappa shape index (κ2) is 9.36. The van der Waals surface area contributed by atoms with Crippen molar-refractivity contribution in [1.29, 1.82) is 0 Å². The van der Waals surface area contributed by atoms with Crippen LogP contribution in [0, 0.1) is 0 Å². The Bertz CT molecular complexity index is 466. The molecule has 1 aromatic rings. The van der Waals surface area contributed by atoms with E-state index in [1.54, 1.807) is 6.07 Å². The summed E-state index contributed by atoms with van der Waals surface area (Å²) in [5, 5.41) is 9.34. The summed E-state index contributed by atoms with van der Waals surface area (Å²) in [6.45, 7) is 1.35. The van der Waals surface area contributed by atoms with Crippen LogP contribution in [-0.2, 0) is 11.2 Å². The summed E-state index contributed by atoms with van der Waals surface area (Å²) >= 11 is 17.8. The number of anilines is 1. The topological polar surface area (TPSA) is 66.6 Å². The Labute approximate surface area is 139 Å². The number of rotatable bonds is 9. The molecule has 118 valence electrons. The van der Waals surface area contributed by atoms with Crippen LogP contribution >= 0.6 is 34.8 Å². The van der Waals surface area contributed by atoms with Gasteiger partial charge in [-0.2, -0.15) is 0 Å². The summed E-state index contributed by atoms with van der Waals surface area (Å²) in [7, 11) is 0. The zero-order valence-electron chi connectivity index (χ0n) is 11.6. The maximum absolute atomic E-state index is 10.7. The van der Waals surface area contributed by atoms with Crippen molar-refractivity contribution in [2.75, 3.05) is 29.7 Å². The molecule has 0 bridgehead atoms. The number of nitrogens with zero attached hydrogens (tertiary/aromatic N) is 1. The molecule has 0 aliphatic heterocycles. The van der Waals surface area contributed by atoms with Gasteiger partial charge in [0.15, 0.2) is 0 Å². The van der Waals surface area contributed by atoms with Crippen LogP contribution in [0.4, 0.5) is 5.69 Å². The molecule has 0 heterocycles. The van der Waals surface area contributed by atoms with Crippen molar-refractivity contribution < 1.29 is 9.90 Å². The molecule has 0 saturated heterocycles. The largest absolute Gasteiger partial charge is 0.481 e. The molecule has 0 unspecified atom stereocenters. The number of alkyl halides is 2. The highest BCUT2D eigenvalue weighted by Gasteiger charge is 2.13. The lowest BCUT2D eigenvalue weighted by Gasteiger charge is -2.24. The summed E-state index contributed by atoms with van der Waals surface area (Å²) in [6.07, 6.45) is 0.322. The summed E-state index contributed by atoms with van der Waals surface area (Å²) in [5.41, 5.74) is 7.61. The van der Waals surface area contributed by atoms with Crippen LogP contribution in [0.5, 0.6) is 0 Å². The predicted molar refractivity (Wildman–Crippen MR) is 89.0 cm³/mol. The minimum atomic E-state index is -0.916. The van der Waals surface area contributed by atoms with Gasteiger partial charge in [0.2, 0.25) is 0 Å². The van der Waals surface area contributed by atoms with Crippen LogP contribution in [-0.4, -0.2) is 42.0 Å². The lowest BCUT2D eigenvalue weighted by Crippen LogP contribution is -2.28. The second-order valence-electron chi connectivity index (χ2n) is 4.70. The summed E-state index contributed by atoms with van der Waals surface area (Å²) in [6, 6.07) is 5.14. The van der Waals surface area contributed by atoms with Crippen LogP contribution in [0.3, 0.4) is 0 Å². The Hall–Kier alpha value is -0.680. The number of hydrogen-bond donors (Lipinski definition) is 2. The number of nitrogens with two attached hydrogens (primary N) is 1. The molecule has 0 radical (unpaired) electrons. The maximum Gasteiger partial charge on any atom is 0.304 e. The molecule has 1 atom stereocenters. The van der Waals surface area contributed by atoms with Crippen LogP contribution in [0.1, 0.15) is 12.0 Å². The van der Waals surface area contributed by atoms with E-state index in [9.17, 15) is 4.79 Å². The Balaban J connectivity index is 2.89. The van der Waals surface area contributed by atoms with Crippen LogP contribution in [0.25, 0.3) is 0 Å². The van der Waals surface area contributed by atoms with Gasteiger partial charge >= 0.3 is 5.97 Å². The fraction of sp³-hybridized carbons (Fsp3) is 0.500. The fourth-order valence-corrected chi connectivity index (χ4v) is 2.67. The first-order chi connectivity index (χ1) is 9.97. The molecule has 0 aliphatic carbocycles. The smallest absolute Gasteiger partial charge is 0.304 e. The van der Waals surface area contributed by atoms with Gasteiger partial charge in [0, 0.05) is 41.6 Å². The van der Waals surface area contributed by atoms with E-state index >= 15 is 0 Å². The monoisotopic (exact) mass is 352 g/mol. The SMILES string of the molecule is N[C@H](CC(=O)O)Cc1cc(N(CCCl)CCCl)ccc1Cl. The zero-order chi connectivity index (χ0) is 15.8.